The van der Waals surface area contributed by atoms with Gasteiger partial charge in [0, 0.05) is 34.4 Å². The van der Waals surface area contributed by atoms with E-state index in [4.69, 9.17) is 0 Å². The summed E-state index contributed by atoms with van der Waals surface area (Å²) >= 11 is 2.87. The van der Waals surface area contributed by atoms with Gasteiger partial charge < -0.3 is 21.3 Å². The predicted molar refractivity (Wildman–Crippen MR) is 166 cm³/mol. The Morgan fingerprint density at radius 1 is 0.780 bits per heavy atom. The van der Waals surface area contributed by atoms with Crippen LogP contribution < -0.4 is 21.3 Å². The van der Waals surface area contributed by atoms with Crippen molar-refractivity contribution in [1.82, 2.24) is 5.32 Å². The van der Waals surface area contributed by atoms with Crippen LogP contribution >= 0.6 is 23.1 Å². The van der Waals surface area contributed by atoms with Gasteiger partial charge in [-0.15, -0.1) is 11.8 Å². The van der Waals surface area contributed by atoms with Gasteiger partial charge in [0.05, 0.1) is 5.25 Å². The normalized spacial score (nSPS) is 11.7. The number of rotatable bonds is 10. The molecule has 3 aromatic carbocycles. The molecule has 1 unspecified atom stereocenters. The Morgan fingerprint density at radius 3 is 2.00 bits per heavy atom. The van der Waals surface area contributed by atoms with Gasteiger partial charge in [-0.3, -0.25) is 19.2 Å². The lowest BCUT2D eigenvalue weighted by molar-refractivity contribution is -0.115. The van der Waals surface area contributed by atoms with E-state index in [0.717, 1.165) is 10.5 Å². The van der Waals surface area contributed by atoms with Crippen LogP contribution in [0.2, 0.25) is 0 Å². The van der Waals surface area contributed by atoms with Crippen LogP contribution in [0.15, 0.2) is 106 Å². The average molecular weight is 585 g/mol. The van der Waals surface area contributed by atoms with Gasteiger partial charge in [-0.05, 0) is 96.1 Å². The summed E-state index contributed by atoms with van der Waals surface area (Å²) in [5.41, 5.74) is 3.18. The molecule has 0 saturated carbocycles. The van der Waals surface area contributed by atoms with Crippen LogP contribution in [0.3, 0.4) is 0 Å². The Bertz CT molecular complexity index is 1540. The Morgan fingerprint density at radius 2 is 1.39 bits per heavy atom. The van der Waals surface area contributed by atoms with Crippen molar-refractivity contribution in [2.75, 3.05) is 16.0 Å². The molecule has 4 N–H and O–H groups in total. The molecule has 1 atom stereocenters. The monoisotopic (exact) mass is 584 g/mol. The first kappa shape index (κ1) is 29.3. The number of hydrogen-bond acceptors (Lipinski definition) is 6. The third kappa shape index (κ3) is 8.92. The maximum absolute atomic E-state index is 13.1. The summed E-state index contributed by atoms with van der Waals surface area (Å²) in [4.78, 5) is 50.6. The third-order valence-electron chi connectivity index (χ3n) is 5.65. The Balaban J connectivity index is 1.36. The zero-order valence-electron chi connectivity index (χ0n) is 22.3. The number of thioether (sulfide) groups is 1. The molecule has 8 nitrogen and oxygen atoms in total. The highest BCUT2D eigenvalue weighted by molar-refractivity contribution is 8.00. The van der Waals surface area contributed by atoms with E-state index in [9.17, 15) is 19.2 Å². The molecule has 208 valence electrons. The van der Waals surface area contributed by atoms with Crippen molar-refractivity contribution in [3.05, 3.63) is 113 Å². The van der Waals surface area contributed by atoms with Crippen LogP contribution in [-0.4, -0.2) is 28.9 Å². The molecule has 10 heteroatoms. The van der Waals surface area contributed by atoms with E-state index in [1.54, 1.807) is 73.7 Å². The molecular weight excluding hydrogens is 556 g/mol. The molecule has 0 bridgehead atoms. The second-order valence-corrected chi connectivity index (χ2v) is 11.1. The lowest BCUT2D eigenvalue weighted by Crippen LogP contribution is -2.30. The molecule has 0 radical (unpaired) electrons. The van der Waals surface area contributed by atoms with E-state index >= 15 is 0 Å². The standard InChI is InChI=1S/C31H28N4O4S2/c1-20(29(37)33-25-10-8-24(9-11-25)32-21(2)36)41-27-14-12-26(13-15-27)34-31(39)28(18-22-16-17-40-19-22)35-30(38)23-6-4-3-5-7-23/h3-20H,1-2H3,(H,32,36)(H,33,37)(H,34,39)(H,35,38)/b28-18-. The predicted octanol–water partition coefficient (Wildman–Crippen LogP) is 6.24. The maximum atomic E-state index is 13.1. The SMILES string of the molecule is CC(=O)Nc1ccc(NC(=O)C(C)Sc2ccc(NC(=O)/C(=C/c3ccsc3)NC(=O)c3ccccc3)cc2)cc1. The fourth-order valence-electron chi connectivity index (χ4n) is 3.62. The topological polar surface area (TPSA) is 116 Å². The minimum Gasteiger partial charge on any atom is -0.326 e. The molecule has 4 amide bonds. The van der Waals surface area contributed by atoms with E-state index in [2.05, 4.69) is 21.3 Å². The van der Waals surface area contributed by atoms with Gasteiger partial charge in [0.25, 0.3) is 11.8 Å². The number of carbonyl (C=O) groups is 4. The van der Waals surface area contributed by atoms with Crippen LogP contribution in [0, 0.1) is 0 Å². The Hall–Kier alpha value is -4.67. The number of thiophene rings is 1. The van der Waals surface area contributed by atoms with Crippen molar-refractivity contribution in [3.8, 4) is 0 Å². The lowest BCUT2D eigenvalue weighted by atomic mass is 10.2. The maximum Gasteiger partial charge on any atom is 0.272 e. The largest absolute Gasteiger partial charge is 0.326 e. The van der Waals surface area contributed by atoms with Crippen molar-refractivity contribution in [3.63, 3.8) is 0 Å². The van der Waals surface area contributed by atoms with Crippen molar-refractivity contribution < 1.29 is 19.2 Å². The van der Waals surface area contributed by atoms with E-state index < -0.39 is 5.91 Å². The van der Waals surface area contributed by atoms with Crippen molar-refractivity contribution >= 4 is 69.9 Å². The lowest BCUT2D eigenvalue weighted by Gasteiger charge is -2.14. The molecule has 0 aliphatic carbocycles. The summed E-state index contributed by atoms with van der Waals surface area (Å²) in [7, 11) is 0. The highest BCUT2D eigenvalue weighted by atomic mass is 32.2. The van der Waals surface area contributed by atoms with E-state index in [0.29, 0.717) is 22.6 Å². The average Bonchev–Trinajstić information content (AvgIpc) is 3.48. The molecule has 4 rings (SSSR count). The molecule has 0 saturated heterocycles. The first-order chi connectivity index (χ1) is 19.8. The van der Waals surface area contributed by atoms with Crippen molar-refractivity contribution in [2.45, 2.75) is 24.0 Å². The van der Waals surface area contributed by atoms with E-state index in [1.165, 1.54) is 30.0 Å². The molecule has 41 heavy (non-hydrogen) atoms. The van der Waals surface area contributed by atoms with Gasteiger partial charge >= 0.3 is 0 Å². The first-order valence-electron chi connectivity index (χ1n) is 12.6. The van der Waals surface area contributed by atoms with Crippen LogP contribution in [0.25, 0.3) is 6.08 Å². The van der Waals surface area contributed by atoms with Crippen LogP contribution in [0.1, 0.15) is 29.8 Å². The number of amides is 4. The zero-order valence-corrected chi connectivity index (χ0v) is 24.0. The summed E-state index contributed by atoms with van der Waals surface area (Å²) in [6.07, 6.45) is 1.63. The smallest absolute Gasteiger partial charge is 0.272 e. The molecule has 1 heterocycles. The van der Waals surface area contributed by atoms with Gasteiger partial charge in [0.1, 0.15) is 5.70 Å². The summed E-state index contributed by atoms with van der Waals surface area (Å²) in [5, 5.41) is 14.5. The molecule has 4 aromatic rings. The number of hydrogen-bond donors (Lipinski definition) is 4. The minimum absolute atomic E-state index is 0.117. The molecule has 0 aliphatic rings. The summed E-state index contributed by atoms with van der Waals surface area (Å²) < 4.78 is 0. The third-order valence-corrected chi connectivity index (χ3v) is 7.46. The molecule has 0 aliphatic heterocycles. The number of anilines is 3. The molecule has 0 spiro atoms. The van der Waals surface area contributed by atoms with Crippen molar-refractivity contribution in [1.29, 1.82) is 0 Å². The number of nitrogens with one attached hydrogen (secondary N) is 4. The van der Waals surface area contributed by atoms with Crippen LogP contribution in [-0.2, 0) is 14.4 Å². The molecule has 1 aromatic heterocycles. The van der Waals surface area contributed by atoms with Gasteiger partial charge in [0.15, 0.2) is 0 Å². The zero-order chi connectivity index (χ0) is 29.2. The fraction of sp³-hybridized carbons (Fsp3) is 0.0968. The second kappa shape index (κ2) is 14.1. The quantitative estimate of drug-likeness (QED) is 0.130. The highest BCUT2D eigenvalue weighted by Gasteiger charge is 2.17. The van der Waals surface area contributed by atoms with Crippen molar-refractivity contribution in [2.24, 2.45) is 0 Å². The fourth-order valence-corrected chi connectivity index (χ4v) is 5.11. The highest BCUT2D eigenvalue weighted by Crippen LogP contribution is 2.26. The van der Waals surface area contributed by atoms with Gasteiger partial charge in [-0.2, -0.15) is 11.3 Å². The van der Waals surface area contributed by atoms with Gasteiger partial charge in [-0.25, -0.2) is 0 Å². The van der Waals surface area contributed by atoms with Crippen LogP contribution in [0.5, 0.6) is 0 Å². The number of carbonyl (C=O) groups excluding carboxylic acids is 4. The Labute approximate surface area is 246 Å². The molecular formula is C31H28N4O4S2. The van der Waals surface area contributed by atoms with E-state index in [1.807, 2.05) is 35.0 Å². The summed E-state index contributed by atoms with van der Waals surface area (Å²) in [5.74, 6) is -1.18. The summed E-state index contributed by atoms with van der Waals surface area (Å²) in [6, 6.07) is 24.5. The summed E-state index contributed by atoms with van der Waals surface area (Å²) in [6.45, 7) is 3.24. The minimum atomic E-state index is -0.460. The van der Waals surface area contributed by atoms with Gasteiger partial charge in [-0.1, -0.05) is 18.2 Å². The van der Waals surface area contributed by atoms with Crippen LogP contribution in [0.4, 0.5) is 17.1 Å². The van der Waals surface area contributed by atoms with Gasteiger partial charge in [0.2, 0.25) is 11.8 Å². The molecule has 0 fully saturated rings. The van der Waals surface area contributed by atoms with E-state index in [-0.39, 0.29) is 28.7 Å². The Kier molecular flexibility index (Phi) is 10.1. The first-order valence-corrected chi connectivity index (χ1v) is 14.5. The number of benzene rings is 3. The second-order valence-electron chi connectivity index (χ2n) is 8.92.